The van der Waals surface area contributed by atoms with Gasteiger partial charge in [-0.15, -0.1) is 0 Å². The molecule has 0 radical (unpaired) electrons. The summed E-state index contributed by atoms with van der Waals surface area (Å²) in [5, 5.41) is 0. The van der Waals surface area contributed by atoms with Gasteiger partial charge in [0.15, 0.2) is 0 Å². The second-order valence-corrected chi connectivity index (χ2v) is 5.61. The van der Waals surface area contributed by atoms with E-state index in [1.807, 2.05) is 31.3 Å². The summed E-state index contributed by atoms with van der Waals surface area (Å²) < 4.78 is 10.6. The Morgan fingerprint density at radius 2 is 2.14 bits per heavy atom. The lowest BCUT2D eigenvalue weighted by Gasteiger charge is -2.37. The van der Waals surface area contributed by atoms with Crippen LogP contribution in [-0.4, -0.2) is 44.7 Å². The molecule has 1 aliphatic rings. The number of ether oxygens (including phenoxy) is 2. The van der Waals surface area contributed by atoms with Crippen molar-refractivity contribution in [3.05, 3.63) is 29.8 Å². The number of amides is 1. The molecule has 0 atom stereocenters. The standard InChI is InChI=1S/C16H24N2O3/c1-18(11-13-4-3-5-14(10-13)20-2)15(19)16(12-17)6-8-21-9-7-16/h3-5,10H,6-9,11-12,17H2,1-2H3. The van der Waals surface area contributed by atoms with Crippen molar-refractivity contribution in [3.8, 4) is 5.75 Å². The predicted octanol–water partition coefficient (Wildman–Crippen LogP) is 1.41. The molecule has 1 heterocycles. The third-order valence-corrected chi connectivity index (χ3v) is 4.19. The Hall–Kier alpha value is -1.59. The predicted molar refractivity (Wildman–Crippen MR) is 81.0 cm³/mol. The zero-order valence-electron chi connectivity index (χ0n) is 12.8. The highest BCUT2D eigenvalue weighted by atomic mass is 16.5. The summed E-state index contributed by atoms with van der Waals surface area (Å²) in [6.07, 6.45) is 1.40. The number of benzene rings is 1. The van der Waals surface area contributed by atoms with Crippen molar-refractivity contribution in [2.75, 3.05) is 33.9 Å². The molecule has 0 aliphatic carbocycles. The molecule has 1 amide bonds. The maximum absolute atomic E-state index is 12.8. The molecule has 0 unspecified atom stereocenters. The Bertz CT molecular complexity index is 484. The van der Waals surface area contributed by atoms with Crippen LogP contribution in [0.2, 0.25) is 0 Å². The zero-order chi connectivity index (χ0) is 15.3. The van der Waals surface area contributed by atoms with Crippen LogP contribution >= 0.6 is 0 Å². The molecule has 2 N–H and O–H groups in total. The molecular formula is C16H24N2O3. The molecule has 1 fully saturated rings. The first-order valence-electron chi connectivity index (χ1n) is 7.27. The molecule has 0 bridgehead atoms. The highest BCUT2D eigenvalue weighted by Gasteiger charge is 2.40. The molecule has 1 aliphatic heterocycles. The Morgan fingerprint density at radius 3 is 2.76 bits per heavy atom. The van der Waals surface area contributed by atoms with Crippen LogP contribution in [-0.2, 0) is 16.1 Å². The van der Waals surface area contributed by atoms with Gasteiger partial charge in [0.2, 0.25) is 5.91 Å². The van der Waals surface area contributed by atoms with Gasteiger partial charge in [0.1, 0.15) is 5.75 Å². The Balaban J connectivity index is 2.07. The van der Waals surface area contributed by atoms with E-state index in [0.717, 1.165) is 11.3 Å². The first-order chi connectivity index (χ1) is 10.1. The van der Waals surface area contributed by atoms with Crippen molar-refractivity contribution < 1.29 is 14.3 Å². The Labute approximate surface area is 126 Å². The van der Waals surface area contributed by atoms with E-state index in [4.69, 9.17) is 15.2 Å². The molecule has 21 heavy (non-hydrogen) atoms. The lowest BCUT2D eigenvalue weighted by Crippen LogP contribution is -2.49. The van der Waals surface area contributed by atoms with E-state index in [0.29, 0.717) is 39.1 Å². The highest BCUT2D eigenvalue weighted by molar-refractivity contribution is 5.83. The van der Waals surface area contributed by atoms with Gasteiger partial charge >= 0.3 is 0 Å². The van der Waals surface area contributed by atoms with Crippen LogP contribution in [0.4, 0.5) is 0 Å². The number of hydrogen-bond acceptors (Lipinski definition) is 4. The summed E-state index contributed by atoms with van der Waals surface area (Å²) in [5.41, 5.74) is 6.47. The summed E-state index contributed by atoms with van der Waals surface area (Å²) in [5.74, 6) is 0.907. The number of nitrogens with two attached hydrogens (primary N) is 1. The second-order valence-electron chi connectivity index (χ2n) is 5.61. The molecule has 1 aromatic carbocycles. The van der Waals surface area contributed by atoms with Crippen LogP contribution < -0.4 is 10.5 Å². The molecule has 0 saturated carbocycles. The maximum atomic E-state index is 12.8. The number of rotatable bonds is 5. The molecule has 0 spiro atoms. The topological polar surface area (TPSA) is 64.8 Å². The summed E-state index contributed by atoms with van der Waals surface area (Å²) in [6, 6.07) is 7.76. The van der Waals surface area contributed by atoms with E-state index in [-0.39, 0.29) is 5.91 Å². The number of methoxy groups -OCH3 is 1. The van der Waals surface area contributed by atoms with Crippen molar-refractivity contribution in [2.45, 2.75) is 19.4 Å². The van der Waals surface area contributed by atoms with Gasteiger partial charge in [-0.2, -0.15) is 0 Å². The minimum Gasteiger partial charge on any atom is -0.497 e. The van der Waals surface area contributed by atoms with Gasteiger partial charge in [0.05, 0.1) is 12.5 Å². The van der Waals surface area contributed by atoms with Gasteiger partial charge in [0, 0.05) is 33.4 Å². The van der Waals surface area contributed by atoms with Gasteiger partial charge in [-0.1, -0.05) is 12.1 Å². The average Bonchev–Trinajstić information content (AvgIpc) is 2.54. The normalized spacial score (nSPS) is 17.3. The summed E-state index contributed by atoms with van der Waals surface area (Å²) >= 11 is 0. The van der Waals surface area contributed by atoms with Crippen molar-refractivity contribution in [1.82, 2.24) is 4.90 Å². The SMILES string of the molecule is COc1cccc(CN(C)C(=O)C2(CN)CCOCC2)c1. The quantitative estimate of drug-likeness (QED) is 0.891. The van der Waals surface area contributed by atoms with Crippen molar-refractivity contribution in [2.24, 2.45) is 11.1 Å². The fourth-order valence-corrected chi connectivity index (χ4v) is 2.79. The van der Waals surface area contributed by atoms with E-state index in [9.17, 15) is 4.79 Å². The van der Waals surface area contributed by atoms with Crippen LogP contribution in [0, 0.1) is 5.41 Å². The first kappa shape index (κ1) is 15.8. The van der Waals surface area contributed by atoms with Crippen LogP contribution in [0.3, 0.4) is 0 Å². The summed E-state index contributed by atoms with van der Waals surface area (Å²) in [6.45, 7) is 2.14. The zero-order valence-corrected chi connectivity index (χ0v) is 12.8. The Kier molecular flexibility index (Phi) is 5.20. The number of carbonyl (C=O) groups excluding carboxylic acids is 1. The largest absolute Gasteiger partial charge is 0.497 e. The summed E-state index contributed by atoms with van der Waals surface area (Å²) in [7, 11) is 3.47. The van der Waals surface area contributed by atoms with E-state index >= 15 is 0 Å². The van der Waals surface area contributed by atoms with Crippen LogP contribution in [0.5, 0.6) is 5.75 Å². The van der Waals surface area contributed by atoms with Gasteiger partial charge in [0.25, 0.3) is 0 Å². The molecule has 1 saturated heterocycles. The van der Waals surface area contributed by atoms with E-state index in [2.05, 4.69) is 0 Å². The molecule has 2 rings (SSSR count). The molecule has 1 aromatic rings. The third kappa shape index (κ3) is 3.54. The van der Waals surface area contributed by atoms with Gasteiger partial charge in [-0.25, -0.2) is 0 Å². The van der Waals surface area contributed by atoms with Crippen LogP contribution in [0.25, 0.3) is 0 Å². The van der Waals surface area contributed by atoms with E-state index in [1.54, 1.807) is 12.0 Å². The van der Waals surface area contributed by atoms with Crippen molar-refractivity contribution in [1.29, 1.82) is 0 Å². The average molecular weight is 292 g/mol. The second kappa shape index (κ2) is 6.91. The van der Waals surface area contributed by atoms with Crippen LogP contribution in [0.15, 0.2) is 24.3 Å². The molecular weight excluding hydrogens is 268 g/mol. The lowest BCUT2D eigenvalue weighted by molar-refractivity contribution is -0.146. The third-order valence-electron chi connectivity index (χ3n) is 4.19. The van der Waals surface area contributed by atoms with Crippen molar-refractivity contribution in [3.63, 3.8) is 0 Å². The first-order valence-corrected chi connectivity index (χ1v) is 7.27. The number of hydrogen-bond donors (Lipinski definition) is 1. The van der Waals surface area contributed by atoms with Gasteiger partial charge in [-0.3, -0.25) is 4.79 Å². The van der Waals surface area contributed by atoms with Crippen LogP contribution in [0.1, 0.15) is 18.4 Å². The number of carbonyl (C=O) groups is 1. The van der Waals surface area contributed by atoms with E-state index < -0.39 is 5.41 Å². The monoisotopic (exact) mass is 292 g/mol. The fraction of sp³-hybridized carbons (Fsp3) is 0.562. The van der Waals surface area contributed by atoms with Gasteiger partial charge in [-0.05, 0) is 30.5 Å². The van der Waals surface area contributed by atoms with E-state index in [1.165, 1.54) is 0 Å². The molecule has 116 valence electrons. The highest BCUT2D eigenvalue weighted by Crippen LogP contribution is 2.31. The summed E-state index contributed by atoms with van der Waals surface area (Å²) in [4.78, 5) is 14.5. The van der Waals surface area contributed by atoms with Gasteiger partial charge < -0.3 is 20.1 Å². The minimum absolute atomic E-state index is 0.108. The minimum atomic E-state index is -0.466. The number of nitrogens with zero attached hydrogens (tertiary/aromatic N) is 1. The maximum Gasteiger partial charge on any atom is 0.230 e. The lowest BCUT2D eigenvalue weighted by atomic mass is 9.79. The molecule has 5 nitrogen and oxygen atoms in total. The fourth-order valence-electron chi connectivity index (χ4n) is 2.79. The molecule has 5 heteroatoms. The Morgan fingerprint density at radius 1 is 1.43 bits per heavy atom. The van der Waals surface area contributed by atoms with Crippen molar-refractivity contribution >= 4 is 5.91 Å². The smallest absolute Gasteiger partial charge is 0.230 e. The molecule has 0 aromatic heterocycles.